The fourth-order valence-corrected chi connectivity index (χ4v) is 3.30. The zero-order valence-electron chi connectivity index (χ0n) is 11.2. The van der Waals surface area contributed by atoms with Gasteiger partial charge in [0.1, 0.15) is 0 Å². The number of halogens is 1. The Morgan fingerprint density at radius 3 is 2.37 bits per heavy atom. The van der Waals surface area contributed by atoms with Crippen LogP contribution in [-0.4, -0.2) is 5.78 Å². The van der Waals surface area contributed by atoms with E-state index in [9.17, 15) is 4.79 Å². The van der Waals surface area contributed by atoms with E-state index >= 15 is 0 Å². The van der Waals surface area contributed by atoms with Crippen molar-refractivity contribution in [3.8, 4) is 0 Å². The molecule has 1 nitrogen and oxygen atoms in total. The molecule has 0 spiro atoms. The third kappa shape index (κ3) is 3.48. The Kier molecular flexibility index (Phi) is 4.48. The zero-order chi connectivity index (χ0) is 14.0. The predicted octanol–water partition coefficient (Wildman–Crippen LogP) is 5.42. The Morgan fingerprint density at radius 2 is 1.74 bits per heavy atom. The third-order valence-corrected chi connectivity index (χ3v) is 4.62. The average molecular weight is 335 g/mol. The second-order valence-electron chi connectivity index (χ2n) is 4.57. The molecule has 19 heavy (non-hydrogen) atoms. The molecule has 0 amide bonds. The minimum Gasteiger partial charge on any atom is -0.294 e. The van der Waals surface area contributed by atoms with E-state index in [4.69, 9.17) is 0 Å². The molecule has 0 bridgehead atoms. The summed E-state index contributed by atoms with van der Waals surface area (Å²) >= 11 is 5.06. The highest BCUT2D eigenvalue weighted by Gasteiger charge is 2.10. The molecule has 0 aliphatic heterocycles. The van der Waals surface area contributed by atoms with Crippen LogP contribution in [0.15, 0.2) is 50.7 Å². The Bertz CT molecular complexity index is 635. The van der Waals surface area contributed by atoms with Gasteiger partial charge in [0.05, 0.1) is 0 Å². The van der Waals surface area contributed by atoms with Gasteiger partial charge in [-0.1, -0.05) is 45.4 Å². The maximum absolute atomic E-state index is 11.7. The largest absolute Gasteiger partial charge is 0.294 e. The lowest BCUT2D eigenvalue weighted by Crippen LogP contribution is -1.95. The van der Waals surface area contributed by atoms with E-state index in [0.29, 0.717) is 0 Å². The molecule has 0 aliphatic rings. The minimum atomic E-state index is 0.0913. The maximum atomic E-state index is 11.7. The Hall–Kier alpha value is -1.06. The topological polar surface area (TPSA) is 17.1 Å². The van der Waals surface area contributed by atoms with E-state index < -0.39 is 0 Å². The van der Waals surface area contributed by atoms with Crippen LogP contribution in [0.5, 0.6) is 0 Å². The molecular formula is C16H15BrOS. The van der Waals surface area contributed by atoms with Crippen LogP contribution in [0.4, 0.5) is 0 Å². The fourth-order valence-electron chi connectivity index (χ4n) is 1.90. The second kappa shape index (κ2) is 5.93. The molecule has 0 saturated heterocycles. The highest BCUT2D eigenvalue weighted by atomic mass is 79.9. The number of Topliss-reactive ketones (excluding diaryl/α,β-unsaturated/α-hetero) is 1. The first kappa shape index (κ1) is 14.4. The normalized spacial score (nSPS) is 10.5. The van der Waals surface area contributed by atoms with Crippen LogP contribution in [0.1, 0.15) is 28.4 Å². The third-order valence-electron chi connectivity index (χ3n) is 2.87. The van der Waals surface area contributed by atoms with Gasteiger partial charge < -0.3 is 0 Å². The first-order chi connectivity index (χ1) is 8.97. The number of benzene rings is 2. The number of hydrogen-bond donors (Lipinski definition) is 0. The lowest BCUT2D eigenvalue weighted by molar-refractivity contribution is 0.101. The molecular weight excluding hydrogens is 320 g/mol. The van der Waals surface area contributed by atoms with Gasteiger partial charge in [-0.15, -0.1) is 0 Å². The molecule has 2 aromatic rings. The quantitative estimate of drug-likeness (QED) is 0.697. The average Bonchev–Trinajstić information content (AvgIpc) is 2.34. The van der Waals surface area contributed by atoms with Gasteiger partial charge in [0.25, 0.3) is 0 Å². The summed E-state index contributed by atoms with van der Waals surface area (Å²) in [6, 6.07) is 12.2. The number of hydrogen-bond acceptors (Lipinski definition) is 2. The van der Waals surface area contributed by atoms with Crippen LogP contribution in [0.3, 0.4) is 0 Å². The highest BCUT2D eigenvalue weighted by molar-refractivity contribution is 9.10. The summed E-state index contributed by atoms with van der Waals surface area (Å²) in [6.07, 6.45) is 0. The van der Waals surface area contributed by atoms with Gasteiger partial charge in [0.2, 0.25) is 0 Å². The SMILES string of the molecule is CC(=O)c1cc(Br)ccc1Sc1ccc(C)cc1C. The molecule has 3 heteroatoms. The van der Waals surface area contributed by atoms with Crippen molar-refractivity contribution in [3.63, 3.8) is 0 Å². The predicted molar refractivity (Wildman–Crippen MR) is 84.2 cm³/mol. The van der Waals surface area contributed by atoms with Gasteiger partial charge in [0.15, 0.2) is 5.78 Å². The van der Waals surface area contributed by atoms with Crippen molar-refractivity contribution in [1.29, 1.82) is 0 Å². The van der Waals surface area contributed by atoms with Gasteiger partial charge in [-0.3, -0.25) is 4.79 Å². The van der Waals surface area contributed by atoms with E-state index in [1.807, 2.05) is 18.2 Å². The van der Waals surface area contributed by atoms with Crippen molar-refractivity contribution in [2.45, 2.75) is 30.6 Å². The summed E-state index contributed by atoms with van der Waals surface area (Å²) in [6.45, 7) is 5.79. The first-order valence-electron chi connectivity index (χ1n) is 6.03. The molecule has 0 aromatic heterocycles. The molecule has 2 rings (SSSR count). The van der Waals surface area contributed by atoms with Crippen molar-refractivity contribution in [2.75, 3.05) is 0 Å². The van der Waals surface area contributed by atoms with Crippen LogP contribution in [0, 0.1) is 13.8 Å². The Morgan fingerprint density at radius 1 is 1.05 bits per heavy atom. The Labute approximate surface area is 126 Å². The smallest absolute Gasteiger partial charge is 0.160 e. The number of aryl methyl sites for hydroxylation is 2. The van der Waals surface area contributed by atoms with Crippen molar-refractivity contribution in [2.24, 2.45) is 0 Å². The van der Waals surface area contributed by atoms with Crippen LogP contribution in [0.25, 0.3) is 0 Å². The number of carbonyl (C=O) groups excluding carboxylic acids is 1. The van der Waals surface area contributed by atoms with E-state index in [1.165, 1.54) is 16.0 Å². The minimum absolute atomic E-state index is 0.0913. The summed E-state index contributed by atoms with van der Waals surface area (Å²) in [5.74, 6) is 0.0913. The van der Waals surface area contributed by atoms with E-state index in [2.05, 4.69) is 48.0 Å². The molecule has 0 heterocycles. The molecule has 0 fully saturated rings. The number of ketones is 1. The van der Waals surface area contributed by atoms with Crippen LogP contribution in [0.2, 0.25) is 0 Å². The summed E-state index contributed by atoms with van der Waals surface area (Å²) in [5.41, 5.74) is 3.26. The molecule has 0 aliphatic carbocycles. The molecule has 0 saturated carbocycles. The zero-order valence-corrected chi connectivity index (χ0v) is 13.6. The van der Waals surface area contributed by atoms with Crippen molar-refractivity contribution in [3.05, 3.63) is 57.6 Å². The molecule has 98 valence electrons. The Balaban J connectivity index is 2.40. The molecule has 0 radical (unpaired) electrons. The van der Waals surface area contributed by atoms with E-state index in [0.717, 1.165) is 14.9 Å². The van der Waals surface area contributed by atoms with Gasteiger partial charge in [-0.2, -0.15) is 0 Å². The molecule has 0 atom stereocenters. The standard InChI is InChI=1S/C16H15BrOS/c1-10-4-6-15(11(2)8-10)19-16-7-5-13(17)9-14(16)12(3)18/h4-9H,1-3H3. The molecule has 2 aromatic carbocycles. The number of rotatable bonds is 3. The first-order valence-corrected chi connectivity index (χ1v) is 7.64. The van der Waals surface area contributed by atoms with Crippen molar-refractivity contribution >= 4 is 33.5 Å². The van der Waals surface area contributed by atoms with E-state index in [-0.39, 0.29) is 5.78 Å². The summed E-state index contributed by atoms with van der Waals surface area (Å²) in [7, 11) is 0. The lowest BCUT2D eigenvalue weighted by Gasteiger charge is -2.10. The summed E-state index contributed by atoms with van der Waals surface area (Å²) < 4.78 is 0.933. The van der Waals surface area contributed by atoms with Gasteiger partial charge >= 0.3 is 0 Å². The van der Waals surface area contributed by atoms with Crippen LogP contribution in [-0.2, 0) is 0 Å². The van der Waals surface area contributed by atoms with Gasteiger partial charge in [-0.05, 0) is 50.6 Å². The number of carbonyl (C=O) groups is 1. The molecule has 0 unspecified atom stereocenters. The maximum Gasteiger partial charge on any atom is 0.160 e. The lowest BCUT2D eigenvalue weighted by atomic mass is 10.1. The van der Waals surface area contributed by atoms with Gasteiger partial charge in [0, 0.05) is 19.8 Å². The van der Waals surface area contributed by atoms with Crippen molar-refractivity contribution < 1.29 is 4.79 Å². The molecule has 0 N–H and O–H groups in total. The van der Waals surface area contributed by atoms with Crippen LogP contribution >= 0.6 is 27.7 Å². The van der Waals surface area contributed by atoms with Crippen LogP contribution < -0.4 is 0 Å². The summed E-state index contributed by atoms with van der Waals surface area (Å²) in [5, 5.41) is 0. The highest BCUT2D eigenvalue weighted by Crippen LogP contribution is 2.34. The second-order valence-corrected chi connectivity index (χ2v) is 6.57. The van der Waals surface area contributed by atoms with Gasteiger partial charge in [-0.25, -0.2) is 0 Å². The monoisotopic (exact) mass is 334 g/mol. The van der Waals surface area contributed by atoms with Crippen molar-refractivity contribution in [1.82, 2.24) is 0 Å². The van der Waals surface area contributed by atoms with E-state index in [1.54, 1.807) is 18.7 Å². The fraction of sp³-hybridized carbons (Fsp3) is 0.188. The summed E-state index contributed by atoms with van der Waals surface area (Å²) in [4.78, 5) is 13.9.